The van der Waals surface area contributed by atoms with Crippen LogP contribution in [0.2, 0.25) is 0 Å². The van der Waals surface area contributed by atoms with Crippen molar-refractivity contribution in [3.05, 3.63) is 60.5 Å². The number of nitrogens with zero attached hydrogens (tertiary/aromatic N) is 1. The molecule has 0 radical (unpaired) electrons. The van der Waals surface area contributed by atoms with Crippen molar-refractivity contribution in [2.75, 3.05) is 0 Å². The minimum Gasteiger partial charge on any atom is -0.444 e. The molecular weight excluding hydrogens is 277 g/mol. The summed E-state index contributed by atoms with van der Waals surface area (Å²) in [7, 11) is 0.744. The molecule has 1 aromatic heterocycles. The third-order valence-electron chi connectivity index (χ3n) is 3.59. The fourth-order valence-electron chi connectivity index (χ4n) is 2.36. The second-order valence-electron chi connectivity index (χ2n) is 5.58. The number of hydrogen-bond donors (Lipinski definition) is 0. The van der Waals surface area contributed by atoms with Gasteiger partial charge in [0.05, 0.1) is 5.69 Å². The summed E-state index contributed by atoms with van der Waals surface area (Å²) in [5.74, 6) is 1.14. The van der Waals surface area contributed by atoms with Crippen LogP contribution in [-0.4, -0.2) is 10.6 Å². The van der Waals surface area contributed by atoms with Crippen LogP contribution in [0.1, 0.15) is 31.9 Å². The minimum atomic E-state index is 0.392. The average molecular weight is 297 g/mol. The van der Waals surface area contributed by atoms with Gasteiger partial charge in [0.25, 0.3) is 0 Å². The van der Waals surface area contributed by atoms with Gasteiger partial charge in [-0.25, -0.2) is 4.98 Å². The van der Waals surface area contributed by atoms with E-state index in [0.29, 0.717) is 11.6 Å². The lowest BCUT2D eigenvalue weighted by Crippen LogP contribution is -2.07. The van der Waals surface area contributed by atoms with Gasteiger partial charge in [0.15, 0.2) is 0 Å². The molecule has 2 aromatic rings. The maximum Gasteiger partial charge on any atom is 0.226 e. The first-order valence-corrected chi connectivity index (χ1v) is 8.46. The lowest BCUT2D eigenvalue weighted by Gasteiger charge is -2.14. The first kappa shape index (κ1) is 14.3. The normalized spacial score (nSPS) is 18.1. The molecule has 108 valence electrons. The highest BCUT2D eigenvalue weighted by atomic mass is 31.1. The van der Waals surface area contributed by atoms with Crippen molar-refractivity contribution < 1.29 is 4.42 Å². The molecule has 1 aromatic carbocycles. The SMILES string of the molecule is CC(C)c1coc(-c2ccccc2PC2C=CC=CC2)n1. The number of rotatable bonds is 4. The topological polar surface area (TPSA) is 26.0 Å². The smallest absolute Gasteiger partial charge is 0.226 e. The molecule has 0 saturated carbocycles. The number of oxazole rings is 1. The van der Waals surface area contributed by atoms with Gasteiger partial charge in [-0.2, -0.15) is 0 Å². The van der Waals surface area contributed by atoms with Crippen molar-refractivity contribution in [3.8, 4) is 11.5 Å². The van der Waals surface area contributed by atoms with Crippen LogP contribution in [-0.2, 0) is 0 Å². The Bertz CT molecular complexity index is 669. The first-order valence-electron chi connectivity index (χ1n) is 7.38. The van der Waals surface area contributed by atoms with Gasteiger partial charge in [-0.05, 0) is 23.7 Å². The second kappa shape index (κ2) is 6.41. The van der Waals surface area contributed by atoms with Crippen molar-refractivity contribution in [2.45, 2.75) is 31.8 Å². The summed E-state index contributed by atoms with van der Waals surface area (Å²) < 4.78 is 5.70. The molecule has 21 heavy (non-hydrogen) atoms. The van der Waals surface area contributed by atoms with Gasteiger partial charge in [-0.15, -0.1) is 0 Å². The molecule has 2 nitrogen and oxygen atoms in total. The van der Waals surface area contributed by atoms with Gasteiger partial charge < -0.3 is 4.42 Å². The van der Waals surface area contributed by atoms with E-state index in [1.54, 1.807) is 6.26 Å². The molecule has 0 spiro atoms. The largest absolute Gasteiger partial charge is 0.444 e. The van der Waals surface area contributed by atoms with E-state index >= 15 is 0 Å². The lowest BCUT2D eigenvalue weighted by atomic mass is 10.1. The van der Waals surface area contributed by atoms with Gasteiger partial charge >= 0.3 is 0 Å². The van der Waals surface area contributed by atoms with Crippen molar-refractivity contribution in [2.24, 2.45) is 0 Å². The Labute approximate surface area is 127 Å². The van der Waals surface area contributed by atoms with Gasteiger partial charge in [-0.3, -0.25) is 0 Å². The third kappa shape index (κ3) is 3.33. The van der Waals surface area contributed by atoms with E-state index in [-0.39, 0.29) is 0 Å². The van der Waals surface area contributed by atoms with E-state index in [1.165, 1.54) is 5.30 Å². The Morgan fingerprint density at radius 3 is 2.81 bits per heavy atom. The van der Waals surface area contributed by atoms with Crippen LogP contribution in [0.25, 0.3) is 11.5 Å². The first-order chi connectivity index (χ1) is 10.2. The summed E-state index contributed by atoms with van der Waals surface area (Å²) in [6.07, 6.45) is 11.7. The molecule has 0 amide bonds. The average Bonchev–Trinajstić information content (AvgIpc) is 2.99. The van der Waals surface area contributed by atoms with E-state index in [9.17, 15) is 0 Å². The van der Waals surface area contributed by atoms with Crippen molar-refractivity contribution >= 4 is 13.9 Å². The van der Waals surface area contributed by atoms with Gasteiger partial charge in [-0.1, -0.05) is 64.9 Å². The number of hydrogen-bond acceptors (Lipinski definition) is 2. The standard InChI is InChI=1S/C18H20NOP/c1-13(2)16-12-20-18(19-16)15-10-6-7-11-17(15)21-14-8-4-3-5-9-14/h3-8,10-14,21H,9H2,1-2H3. The fraction of sp³-hybridized carbons (Fsp3) is 0.278. The summed E-state index contributed by atoms with van der Waals surface area (Å²) in [4.78, 5) is 4.64. The Morgan fingerprint density at radius 2 is 2.10 bits per heavy atom. The van der Waals surface area contributed by atoms with E-state index in [1.807, 2.05) is 0 Å². The van der Waals surface area contributed by atoms with Crippen LogP contribution in [0.5, 0.6) is 0 Å². The summed E-state index contributed by atoms with van der Waals surface area (Å²) in [6.45, 7) is 4.27. The quantitative estimate of drug-likeness (QED) is 0.767. The summed E-state index contributed by atoms with van der Waals surface area (Å²) in [5, 5.41) is 1.33. The zero-order valence-electron chi connectivity index (χ0n) is 12.4. The molecule has 0 fully saturated rings. The highest BCUT2D eigenvalue weighted by Gasteiger charge is 2.15. The lowest BCUT2D eigenvalue weighted by molar-refractivity contribution is 0.571. The molecule has 3 heteroatoms. The maximum atomic E-state index is 5.70. The number of aromatic nitrogens is 1. The molecule has 2 unspecified atom stereocenters. The van der Waals surface area contributed by atoms with Crippen LogP contribution >= 0.6 is 8.58 Å². The molecule has 1 heterocycles. The van der Waals surface area contributed by atoms with Crippen LogP contribution < -0.4 is 5.30 Å². The van der Waals surface area contributed by atoms with Crippen molar-refractivity contribution in [3.63, 3.8) is 0 Å². The van der Waals surface area contributed by atoms with Crippen molar-refractivity contribution in [1.29, 1.82) is 0 Å². The highest BCUT2D eigenvalue weighted by Crippen LogP contribution is 2.30. The summed E-state index contributed by atoms with van der Waals surface area (Å²) >= 11 is 0. The zero-order valence-corrected chi connectivity index (χ0v) is 13.4. The molecule has 3 rings (SSSR count). The second-order valence-corrected chi connectivity index (χ2v) is 7.15. The van der Waals surface area contributed by atoms with E-state index in [0.717, 1.165) is 32.1 Å². The molecule has 1 aliphatic rings. The maximum absolute atomic E-state index is 5.70. The van der Waals surface area contributed by atoms with E-state index in [2.05, 4.69) is 67.4 Å². The van der Waals surface area contributed by atoms with E-state index < -0.39 is 0 Å². The number of benzene rings is 1. The summed E-state index contributed by atoms with van der Waals surface area (Å²) in [5.41, 5.74) is 2.74. The van der Waals surface area contributed by atoms with Gasteiger partial charge in [0.2, 0.25) is 5.89 Å². The fourth-order valence-corrected chi connectivity index (χ4v) is 3.76. The molecular formula is C18H20NOP. The Morgan fingerprint density at radius 1 is 1.24 bits per heavy atom. The highest BCUT2D eigenvalue weighted by molar-refractivity contribution is 7.48. The minimum absolute atomic E-state index is 0.392. The van der Waals surface area contributed by atoms with Crippen LogP contribution in [0.4, 0.5) is 0 Å². The van der Waals surface area contributed by atoms with Crippen LogP contribution in [0, 0.1) is 0 Å². The Kier molecular flexibility index (Phi) is 4.36. The zero-order chi connectivity index (χ0) is 14.7. The molecule has 1 aliphatic carbocycles. The monoisotopic (exact) mass is 297 g/mol. The molecule has 2 atom stereocenters. The molecule has 0 N–H and O–H groups in total. The van der Waals surface area contributed by atoms with Gasteiger partial charge in [0.1, 0.15) is 6.26 Å². The number of allylic oxidation sites excluding steroid dienone is 4. The molecule has 0 saturated heterocycles. The van der Waals surface area contributed by atoms with Crippen LogP contribution in [0.3, 0.4) is 0 Å². The Balaban J connectivity index is 1.88. The Hall–Kier alpha value is -1.66. The summed E-state index contributed by atoms with van der Waals surface area (Å²) in [6, 6.07) is 8.46. The predicted octanol–water partition coefficient (Wildman–Crippen LogP) is 4.65. The van der Waals surface area contributed by atoms with Gasteiger partial charge in [0, 0.05) is 11.2 Å². The predicted molar refractivity (Wildman–Crippen MR) is 90.7 cm³/mol. The molecule has 0 bridgehead atoms. The van der Waals surface area contributed by atoms with Crippen molar-refractivity contribution in [1.82, 2.24) is 4.98 Å². The van der Waals surface area contributed by atoms with E-state index in [4.69, 9.17) is 4.42 Å². The molecule has 0 aliphatic heterocycles. The third-order valence-corrected chi connectivity index (χ3v) is 5.14. The van der Waals surface area contributed by atoms with Crippen LogP contribution in [0.15, 0.2) is 59.2 Å².